The molecule has 9 heteroatoms. The number of anilines is 1. The van der Waals surface area contributed by atoms with Crippen LogP contribution in [0.5, 0.6) is 0 Å². The van der Waals surface area contributed by atoms with Crippen molar-refractivity contribution in [1.29, 1.82) is 0 Å². The number of amides is 1. The Morgan fingerprint density at radius 3 is 2.52 bits per heavy atom. The van der Waals surface area contributed by atoms with Gasteiger partial charge in [-0.25, -0.2) is 18.7 Å². The molecular weight excluding hydrogens is 428 g/mol. The number of nitrogens with one attached hydrogen (secondary N) is 2. The molecule has 0 aliphatic rings. The van der Waals surface area contributed by atoms with Crippen LogP contribution in [-0.2, 0) is 17.8 Å². The molecule has 0 atom stereocenters. The molecule has 0 aliphatic carbocycles. The Kier molecular flexibility index (Phi) is 10.2. The Hall–Kier alpha value is -3.59. The highest BCUT2D eigenvalue weighted by atomic mass is 19.3. The second-order valence-electron chi connectivity index (χ2n) is 6.82. The van der Waals surface area contributed by atoms with Gasteiger partial charge in [0.25, 0.3) is 0 Å². The third-order valence-corrected chi connectivity index (χ3v) is 4.38. The number of carbonyl (C=O) groups excluding carboxylic acids is 2. The van der Waals surface area contributed by atoms with Gasteiger partial charge in [-0.2, -0.15) is 0 Å². The van der Waals surface area contributed by atoms with Gasteiger partial charge >= 0.3 is 0 Å². The second kappa shape index (κ2) is 13.1. The smallest absolute Gasteiger partial charge is 0.242 e. The van der Waals surface area contributed by atoms with Crippen molar-refractivity contribution in [2.75, 3.05) is 11.9 Å². The summed E-state index contributed by atoms with van der Waals surface area (Å²) in [6.45, 7) is 5.73. The molecular formula is C24H27F2N5O2. The number of nitrogens with zero attached hydrogens (tertiary/aromatic N) is 3. The van der Waals surface area contributed by atoms with E-state index in [2.05, 4.69) is 25.6 Å². The molecule has 0 radical (unpaired) electrons. The highest BCUT2D eigenvalue weighted by Gasteiger charge is 2.14. The zero-order valence-corrected chi connectivity index (χ0v) is 18.8. The van der Waals surface area contributed by atoms with Crippen molar-refractivity contribution in [3.05, 3.63) is 72.1 Å². The predicted molar refractivity (Wildman–Crippen MR) is 123 cm³/mol. The Labute approximate surface area is 191 Å². The number of alkyl halides is 2. The first-order valence-electron chi connectivity index (χ1n) is 10.6. The van der Waals surface area contributed by atoms with E-state index in [0.29, 0.717) is 23.2 Å². The second-order valence-corrected chi connectivity index (χ2v) is 6.82. The van der Waals surface area contributed by atoms with E-state index in [0.717, 1.165) is 5.69 Å². The van der Waals surface area contributed by atoms with Crippen molar-refractivity contribution in [1.82, 2.24) is 20.3 Å². The van der Waals surface area contributed by atoms with Crippen molar-refractivity contribution in [3.8, 4) is 11.1 Å². The van der Waals surface area contributed by atoms with Gasteiger partial charge in [-0.15, -0.1) is 0 Å². The molecule has 0 fully saturated rings. The van der Waals surface area contributed by atoms with Crippen molar-refractivity contribution < 1.29 is 18.4 Å². The van der Waals surface area contributed by atoms with Crippen LogP contribution in [-0.4, -0.2) is 39.6 Å². The lowest BCUT2D eigenvalue weighted by molar-refractivity contribution is -0.115. The van der Waals surface area contributed by atoms with Crippen LogP contribution in [0.25, 0.3) is 11.1 Å². The summed E-state index contributed by atoms with van der Waals surface area (Å²) in [7, 11) is 0. The highest BCUT2D eigenvalue weighted by Crippen LogP contribution is 2.26. The van der Waals surface area contributed by atoms with E-state index >= 15 is 0 Å². The minimum atomic E-state index is -2.45. The molecule has 3 rings (SSSR count). The Morgan fingerprint density at radius 1 is 1.06 bits per heavy atom. The third-order valence-electron chi connectivity index (χ3n) is 4.38. The van der Waals surface area contributed by atoms with Gasteiger partial charge in [-0.05, 0) is 23.3 Å². The molecule has 2 N–H and O–H groups in total. The molecule has 0 spiro atoms. The highest BCUT2D eigenvalue weighted by molar-refractivity contribution is 6.03. The van der Waals surface area contributed by atoms with Gasteiger partial charge in [0, 0.05) is 37.8 Å². The number of hydrogen-bond acceptors (Lipinski definition) is 6. The fraction of sp³-hybridized carbons (Fsp3) is 0.292. The number of Topliss-reactive ketones (excluding diaryl/α,β-unsaturated/α-hetero) is 1. The van der Waals surface area contributed by atoms with Crippen molar-refractivity contribution in [3.63, 3.8) is 0 Å². The first kappa shape index (κ1) is 25.7. The van der Waals surface area contributed by atoms with Gasteiger partial charge < -0.3 is 10.6 Å². The summed E-state index contributed by atoms with van der Waals surface area (Å²) in [5.74, 6) is -0.663. The first-order chi connectivity index (χ1) is 15.9. The molecule has 3 aromatic rings. The molecule has 0 saturated heterocycles. The maximum Gasteiger partial charge on any atom is 0.242 e. The van der Waals surface area contributed by atoms with Crippen molar-refractivity contribution in [2.45, 2.75) is 40.2 Å². The molecule has 0 unspecified atom stereocenters. The van der Waals surface area contributed by atoms with Crippen molar-refractivity contribution in [2.24, 2.45) is 0 Å². The predicted octanol–water partition coefficient (Wildman–Crippen LogP) is 4.30. The van der Waals surface area contributed by atoms with E-state index in [1.54, 1.807) is 42.6 Å². The Bertz CT molecular complexity index is 1060. The summed E-state index contributed by atoms with van der Waals surface area (Å²) in [6, 6.07) is 10.1. The molecule has 1 aromatic carbocycles. The van der Waals surface area contributed by atoms with E-state index in [9.17, 15) is 18.4 Å². The summed E-state index contributed by atoms with van der Waals surface area (Å²) < 4.78 is 25.4. The number of benzene rings is 1. The minimum Gasteiger partial charge on any atom is -0.323 e. The normalized spacial score (nSPS) is 10.4. The standard InChI is InChI=1S/C22H21F2N5O2.C2H6/c1-14(30)22-19(29-21(31)12-26-11-18-5-6-25-13-28-18)9-17(10-27-22)16-4-2-3-15(7-16)8-20(23)24;1-2/h2-7,9-10,13,20,26H,8,11-12H2,1H3,(H,29,31);1-2H3. The van der Waals surface area contributed by atoms with Gasteiger partial charge in [0.1, 0.15) is 12.0 Å². The molecule has 0 bridgehead atoms. The lowest BCUT2D eigenvalue weighted by atomic mass is 10.0. The number of pyridine rings is 1. The third kappa shape index (κ3) is 8.12. The zero-order valence-electron chi connectivity index (χ0n) is 18.8. The maximum atomic E-state index is 12.7. The van der Waals surface area contributed by atoms with E-state index < -0.39 is 6.43 Å². The minimum absolute atomic E-state index is 0.00452. The zero-order chi connectivity index (χ0) is 24.2. The molecule has 2 heterocycles. The van der Waals surface area contributed by atoms with Crippen LogP contribution in [0.1, 0.15) is 42.5 Å². The van der Waals surface area contributed by atoms with Gasteiger partial charge in [-0.3, -0.25) is 14.6 Å². The fourth-order valence-electron chi connectivity index (χ4n) is 2.98. The molecule has 174 valence electrons. The number of halogens is 2. The Balaban J connectivity index is 0.00000187. The van der Waals surface area contributed by atoms with Crippen LogP contribution in [0.4, 0.5) is 14.5 Å². The molecule has 0 aliphatic heterocycles. The molecule has 0 saturated carbocycles. The number of rotatable bonds is 9. The van der Waals surface area contributed by atoms with Crippen LogP contribution in [0, 0.1) is 0 Å². The molecule has 33 heavy (non-hydrogen) atoms. The van der Waals surface area contributed by atoms with Crippen LogP contribution in [0.2, 0.25) is 0 Å². The number of ketones is 1. The SMILES string of the molecule is CC.CC(=O)c1ncc(-c2cccc(CC(F)F)c2)cc1NC(=O)CNCc1ccncn1. The monoisotopic (exact) mass is 455 g/mol. The van der Waals surface area contributed by atoms with Crippen LogP contribution in [0.3, 0.4) is 0 Å². The molecule has 7 nitrogen and oxygen atoms in total. The average molecular weight is 456 g/mol. The number of aromatic nitrogens is 3. The summed E-state index contributed by atoms with van der Waals surface area (Å²) in [5.41, 5.74) is 2.88. The van der Waals surface area contributed by atoms with Gasteiger partial charge in [0.2, 0.25) is 12.3 Å². The van der Waals surface area contributed by atoms with E-state index in [1.807, 2.05) is 13.8 Å². The van der Waals surface area contributed by atoms with Crippen LogP contribution in [0.15, 0.2) is 55.1 Å². The topological polar surface area (TPSA) is 96.9 Å². The summed E-state index contributed by atoms with van der Waals surface area (Å²) >= 11 is 0. The summed E-state index contributed by atoms with van der Waals surface area (Å²) in [5, 5.41) is 5.66. The fourth-order valence-corrected chi connectivity index (χ4v) is 2.98. The molecule has 2 aromatic heterocycles. The molecule has 1 amide bonds. The largest absolute Gasteiger partial charge is 0.323 e. The van der Waals surface area contributed by atoms with Gasteiger partial charge in [0.05, 0.1) is 17.9 Å². The van der Waals surface area contributed by atoms with Gasteiger partial charge in [-0.1, -0.05) is 38.1 Å². The van der Waals surface area contributed by atoms with Gasteiger partial charge in [0.15, 0.2) is 5.78 Å². The van der Waals surface area contributed by atoms with Crippen molar-refractivity contribution >= 4 is 17.4 Å². The average Bonchev–Trinajstić information content (AvgIpc) is 2.80. The van der Waals surface area contributed by atoms with E-state index in [4.69, 9.17) is 0 Å². The number of hydrogen-bond donors (Lipinski definition) is 2. The maximum absolute atomic E-state index is 12.7. The lowest BCUT2D eigenvalue weighted by Gasteiger charge is -2.12. The summed E-state index contributed by atoms with van der Waals surface area (Å²) in [6.07, 6.45) is 1.72. The number of carbonyl (C=O) groups is 2. The van der Waals surface area contributed by atoms with Crippen LogP contribution < -0.4 is 10.6 Å². The Morgan fingerprint density at radius 2 is 1.85 bits per heavy atom. The quantitative estimate of drug-likeness (QED) is 0.467. The van der Waals surface area contributed by atoms with E-state index in [1.165, 1.54) is 19.4 Å². The lowest BCUT2D eigenvalue weighted by Crippen LogP contribution is -2.28. The first-order valence-corrected chi connectivity index (χ1v) is 10.6. The van der Waals surface area contributed by atoms with Crippen LogP contribution >= 0.6 is 0 Å². The summed E-state index contributed by atoms with van der Waals surface area (Å²) in [4.78, 5) is 36.4. The van der Waals surface area contributed by atoms with E-state index in [-0.39, 0.29) is 36.0 Å².